The molecule has 0 fully saturated rings. The van der Waals surface area contributed by atoms with Crippen LogP contribution >= 0.6 is 11.3 Å². The number of rotatable bonds is 5. The minimum absolute atomic E-state index is 0.0736. The second kappa shape index (κ2) is 6.31. The molecule has 0 saturated carbocycles. The summed E-state index contributed by atoms with van der Waals surface area (Å²) >= 11 is 1.62. The van der Waals surface area contributed by atoms with Crippen molar-refractivity contribution >= 4 is 17.2 Å². The molecule has 1 aromatic carbocycles. The molecule has 1 N–H and O–H groups in total. The van der Waals surface area contributed by atoms with Crippen LogP contribution < -0.4 is 5.32 Å². The smallest absolute Gasteiger partial charge is 0.220 e. The molecule has 1 amide bonds. The average Bonchev–Trinajstić information content (AvgIpc) is 2.81. The van der Waals surface area contributed by atoms with Crippen LogP contribution in [0.5, 0.6) is 0 Å². The number of nitrogens with zero attached hydrogens (tertiary/aromatic N) is 1. The van der Waals surface area contributed by atoms with Crippen molar-refractivity contribution in [1.82, 2.24) is 10.3 Å². The zero-order chi connectivity index (χ0) is 12.8. The van der Waals surface area contributed by atoms with Crippen molar-refractivity contribution in [3.05, 3.63) is 52.0 Å². The lowest BCUT2D eigenvalue weighted by atomic mass is 10.2. The topological polar surface area (TPSA) is 42.0 Å². The number of carbonyl (C=O) groups is 1. The Morgan fingerprint density at radius 1 is 1.33 bits per heavy atom. The van der Waals surface area contributed by atoms with Gasteiger partial charge in [-0.1, -0.05) is 30.3 Å². The molecule has 0 saturated heterocycles. The summed E-state index contributed by atoms with van der Waals surface area (Å²) in [4.78, 5) is 16.0. The molecule has 0 bridgehead atoms. The predicted molar refractivity (Wildman–Crippen MR) is 73.5 cm³/mol. The van der Waals surface area contributed by atoms with Gasteiger partial charge in [-0.05, 0) is 18.9 Å². The van der Waals surface area contributed by atoms with Crippen molar-refractivity contribution in [2.45, 2.75) is 26.3 Å². The van der Waals surface area contributed by atoms with Gasteiger partial charge in [0.25, 0.3) is 0 Å². The van der Waals surface area contributed by atoms with Crippen molar-refractivity contribution < 1.29 is 4.79 Å². The molecular formula is C14H16N2OS. The molecular weight excluding hydrogens is 244 g/mol. The van der Waals surface area contributed by atoms with Gasteiger partial charge < -0.3 is 5.32 Å². The maximum atomic E-state index is 11.7. The van der Waals surface area contributed by atoms with Crippen LogP contribution in [0.3, 0.4) is 0 Å². The fourth-order valence-corrected chi connectivity index (χ4v) is 2.30. The van der Waals surface area contributed by atoms with E-state index in [1.165, 1.54) is 0 Å². The molecule has 3 nitrogen and oxygen atoms in total. The molecule has 0 spiro atoms. The van der Waals surface area contributed by atoms with Crippen LogP contribution in [0.25, 0.3) is 0 Å². The highest BCUT2D eigenvalue weighted by molar-refractivity contribution is 7.09. The predicted octanol–water partition coefficient (Wildman–Crippen LogP) is 2.70. The van der Waals surface area contributed by atoms with Gasteiger partial charge in [-0.3, -0.25) is 4.79 Å². The highest BCUT2D eigenvalue weighted by Gasteiger charge is 2.04. The Morgan fingerprint density at radius 2 is 2.11 bits per heavy atom. The largest absolute Gasteiger partial charge is 0.352 e. The lowest BCUT2D eigenvalue weighted by Gasteiger charge is -2.04. The van der Waals surface area contributed by atoms with Gasteiger partial charge in [0.15, 0.2) is 0 Å². The summed E-state index contributed by atoms with van der Waals surface area (Å²) in [6, 6.07) is 9.92. The van der Waals surface area contributed by atoms with E-state index in [-0.39, 0.29) is 5.91 Å². The fraction of sp³-hybridized carbons (Fsp3) is 0.286. The summed E-state index contributed by atoms with van der Waals surface area (Å²) in [5.41, 5.74) is 2.13. The first-order valence-corrected chi connectivity index (χ1v) is 6.83. The van der Waals surface area contributed by atoms with Gasteiger partial charge >= 0.3 is 0 Å². The summed E-state index contributed by atoms with van der Waals surface area (Å²) in [5, 5.41) is 5.98. The molecule has 0 aliphatic rings. The van der Waals surface area contributed by atoms with E-state index in [1.54, 1.807) is 11.3 Å². The van der Waals surface area contributed by atoms with E-state index in [4.69, 9.17) is 0 Å². The molecule has 4 heteroatoms. The van der Waals surface area contributed by atoms with Crippen molar-refractivity contribution in [2.24, 2.45) is 0 Å². The van der Waals surface area contributed by atoms with E-state index in [9.17, 15) is 4.79 Å². The molecule has 1 aromatic heterocycles. The van der Waals surface area contributed by atoms with Crippen LogP contribution in [0, 0.1) is 6.92 Å². The highest BCUT2D eigenvalue weighted by atomic mass is 32.1. The Kier molecular flexibility index (Phi) is 4.47. The minimum atomic E-state index is 0.0736. The van der Waals surface area contributed by atoms with Crippen molar-refractivity contribution in [2.75, 3.05) is 0 Å². The summed E-state index contributed by atoms with van der Waals surface area (Å²) in [6.45, 7) is 2.57. The van der Waals surface area contributed by atoms with E-state index in [0.29, 0.717) is 19.4 Å². The van der Waals surface area contributed by atoms with E-state index >= 15 is 0 Å². The van der Waals surface area contributed by atoms with Crippen molar-refractivity contribution in [3.8, 4) is 0 Å². The minimum Gasteiger partial charge on any atom is -0.352 e. The van der Waals surface area contributed by atoms with Crippen LogP contribution in [-0.4, -0.2) is 10.9 Å². The molecule has 0 aliphatic carbocycles. The molecule has 94 valence electrons. The summed E-state index contributed by atoms with van der Waals surface area (Å²) < 4.78 is 0. The third-order valence-electron chi connectivity index (χ3n) is 2.61. The Labute approximate surface area is 111 Å². The average molecular weight is 260 g/mol. The number of thiazole rings is 1. The lowest BCUT2D eigenvalue weighted by molar-refractivity contribution is -0.121. The Hall–Kier alpha value is -1.68. The van der Waals surface area contributed by atoms with Gasteiger partial charge in [-0.15, -0.1) is 11.3 Å². The highest BCUT2D eigenvalue weighted by Crippen LogP contribution is 2.09. The monoisotopic (exact) mass is 260 g/mol. The van der Waals surface area contributed by atoms with Gasteiger partial charge in [0, 0.05) is 18.3 Å². The maximum Gasteiger partial charge on any atom is 0.220 e. The number of nitrogens with one attached hydrogen (secondary N) is 1. The summed E-state index contributed by atoms with van der Waals surface area (Å²) in [5.74, 6) is 0.0736. The van der Waals surface area contributed by atoms with Crippen LogP contribution in [0.2, 0.25) is 0 Å². The first-order valence-electron chi connectivity index (χ1n) is 5.95. The van der Waals surface area contributed by atoms with Crippen LogP contribution in [-0.2, 0) is 17.8 Å². The van der Waals surface area contributed by atoms with Crippen LogP contribution in [0.4, 0.5) is 0 Å². The molecule has 2 rings (SSSR count). The second-order valence-corrected chi connectivity index (χ2v) is 5.18. The van der Waals surface area contributed by atoms with E-state index in [0.717, 1.165) is 16.3 Å². The van der Waals surface area contributed by atoms with Crippen molar-refractivity contribution in [3.63, 3.8) is 0 Å². The first kappa shape index (κ1) is 12.8. The third-order valence-corrected chi connectivity index (χ3v) is 3.43. The number of aryl methyl sites for hydroxylation is 2. The maximum absolute atomic E-state index is 11.7. The molecule has 0 radical (unpaired) electrons. The Balaban J connectivity index is 1.73. The number of benzene rings is 1. The quantitative estimate of drug-likeness (QED) is 0.898. The summed E-state index contributed by atoms with van der Waals surface area (Å²) in [6.07, 6.45) is 1.21. The molecule has 0 atom stereocenters. The fourth-order valence-electron chi connectivity index (χ4n) is 1.65. The number of carbonyl (C=O) groups excluding carboxylic acids is 1. The Morgan fingerprint density at radius 3 is 2.78 bits per heavy atom. The number of hydrogen-bond donors (Lipinski definition) is 1. The zero-order valence-corrected chi connectivity index (χ0v) is 11.2. The molecule has 0 aliphatic heterocycles. The van der Waals surface area contributed by atoms with Gasteiger partial charge in [0.05, 0.1) is 10.7 Å². The van der Waals surface area contributed by atoms with Crippen molar-refractivity contribution in [1.29, 1.82) is 0 Å². The number of hydrogen-bond acceptors (Lipinski definition) is 3. The van der Waals surface area contributed by atoms with Gasteiger partial charge in [0.2, 0.25) is 5.91 Å². The summed E-state index contributed by atoms with van der Waals surface area (Å²) in [7, 11) is 0. The van der Waals surface area contributed by atoms with E-state index < -0.39 is 0 Å². The SMILES string of the molecule is Cc1nc(CCC(=O)NCc2ccccc2)cs1. The van der Waals surface area contributed by atoms with Gasteiger partial charge in [0.1, 0.15) is 0 Å². The molecule has 18 heavy (non-hydrogen) atoms. The number of aromatic nitrogens is 1. The zero-order valence-electron chi connectivity index (χ0n) is 10.3. The first-order chi connectivity index (χ1) is 8.74. The van der Waals surface area contributed by atoms with Gasteiger partial charge in [-0.25, -0.2) is 4.98 Å². The lowest BCUT2D eigenvalue weighted by Crippen LogP contribution is -2.22. The van der Waals surface area contributed by atoms with Crippen LogP contribution in [0.15, 0.2) is 35.7 Å². The second-order valence-electron chi connectivity index (χ2n) is 4.12. The molecule has 0 unspecified atom stereocenters. The van der Waals surface area contributed by atoms with Crippen LogP contribution in [0.1, 0.15) is 22.7 Å². The van der Waals surface area contributed by atoms with E-state index in [2.05, 4.69) is 10.3 Å². The van der Waals surface area contributed by atoms with E-state index in [1.807, 2.05) is 42.6 Å². The normalized spacial score (nSPS) is 10.3. The number of amides is 1. The third kappa shape index (κ3) is 3.96. The Bertz CT molecular complexity index is 508. The van der Waals surface area contributed by atoms with Gasteiger partial charge in [-0.2, -0.15) is 0 Å². The molecule has 1 heterocycles. The molecule has 2 aromatic rings. The standard InChI is InChI=1S/C14H16N2OS/c1-11-16-13(10-18-11)7-8-14(17)15-9-12-5-3-2-4-6-12/h2-6,10H,7-9H2,1H3,(H,15,17).